The summed E-state index contributed by atoms with van der Waals surface area (Å²) in [6, 6.07) is 2.08. The molecule has 5 nitrogen and oxygen atoms in total. The normalized spacial score (nSPS) is 16.9. The lowest BCUT2D eigenvalue weighted by Crippen LogP contribution is -2.39. The van der Waals surface area contributed by atoms with Gasteiger partial charge in [-0.05, 0) is 18.4 Å². The number of fused-ring (bicyclic) bond motifs is 1. The van der Waals surface area contributed by atoms with Crippen LogP contribution in [-0.2, 0) is 4.74 Å². The van der Waals surface area contributed by atoms with Gasteiger partial charge in [0, 0.05) is 26.2 Å². The molecule has 0 aliphatic carbocycles. The van der Waals surface area contributed by atoms with Crippen LogP contribution in [0.25, 0.3) is 10.2 Å². The fourth-order valence-electron chi connectivity index (χ4n) is 2.25. The van der Waals surface area contributed by atoms with Crippen LogP contribution < -0.4 is 5.32 Å². The molecule has 0 aromatic carbocycles. The summed E-state index contributed by atoms with van der Waals surface area (Å²) in [5.74, 6) is 1.78. The number of aryl methyl sites for hydroxylation is 1. The van der Waals surface area contributed by atoms with Gasteiger partial charge in [-0.2, -0.15) is 0 Å². The van der Waals surface area contributed by atoms with E-state index in [1.165, 1.54) is 0 Å². The van der Waals surface area contributed by atoms with Crippen molar-refractivity contribution in [3.63, 3.8) is 0 Å². The van der Waals surface area contributed by atoms with E-state index in [2.05, 4.69) is 31.6 Å². The average molecular weight is 278 g/mol. The van der Waals surface area contributed by atoms with E-state index in [-0.39, 0.29) is 0 Å². The first-order valence-corrected chi connectivity index (χ1v) is 7.47. The third-order valence-electron chi connectivity index (χ3n) is 3.26. The number of nitrogens with one attached hydrogen (secondary N) is 1. The van der Waals surface area contributed by atoms with E-state index in [9.17, 15) is 0 Å². The zero-order valence-electron chi connectivity index (χ0n) is 11.1. The van der Waals surface area contributed by atoms with Crippen molar-refractivity contribution in [3.8, 4) is 0 Å². The molecule has 1 aliphatic heterocycles. The number of morpholine rings is 1. The van der Waals surface area contributed by atoms with Crippen LogP contribution in [0.5, 0.6) is 0 Å². The Bertz CT molecular complexity index is 551. The molecule has 0 saturated carbocycles. The molecule has 1 saturated heterocycles. The van der Waals surface area contributed by atoms with Gasteiger partial charge in [0.05, 0.1) is 18.6 Å². The minimum atomic E-state index is 0.823. The van der Waals surface area contributed by atoms with Crippen LogP contribution in [0.2, 0.25) is 0 Å². The van der Waals surface area contributed by atoms with Crippen LogP contribution in [0.15, 0.2) is 11.4 Å². The first-order valence-electron chi connectivity index (χ1n) is 6.59. The monoisotopic (exact) mass is 278 g/mol. The highest BCUT2D eigenvalue weighted by atomic mass is 32.1. The summed E-state index contributed by atoms with van der Waals surface area (Å²) in [7, 11) is 0. The summed E-state index contributed by atoms with van der Waals surface area (Å²) in [4.78, 5) is 12.4. The molecule has 0 bridgehead atoms. The fourth-order valence-corrected chi connectivity index (χ4v) is 3.06. The zero-order valence-corrected chi connectivity index (χ0v) is 11.9. The molecule has 2 aromatic heterocycles. The molecule has 0 spiro atoms. The Hall–Kier alpha value is -1.24. The lowest BCUT2D eigenvalue weighted by molar-refractivity contribution is 0.0398. The standard InChI is InChI=1S/C13H18N4OS/c1-10-15-12(11-2-9-19-13(11)16-10)14-3-4-17-5-7-18-8-6-17/h2,9H,3-8H2,1H3,(H,14,15,16). The Balaban J connectivity index is 1.63. The van der Waals surface area contributed by atoms with E-state index in [4.69, 9.17) is 4.74 Å². The fraction of sp³-hybridized carbons (Fsp3) is 0.538. The van der Waals surface area contributed by atoms with Crippen molar-refractivity contribution in [2.75, 3.05) is 44.7 Å². The Morgan fingerprint density at radius 3 is 3.05 bits per heavy atom. The Morgan fingerprint density at radius 2 is 2.21 bits per heavy atom. The first kappa shape index (κ1) is 12.8. The van der Waals surface area contributed by atoms with Crippen molar-refractivity contribution < 1.29 is 4.74 Å². The maximum absolute atomic E-state index is 5.35. The predicted octanol–water partition coefficient (Wildman–Crippen LogP) is 1.74. The van der Waals surface area contributed by atoms with Crippen LogP contribution in [0, 0.1) is 6.92 Å². The van der Waals surface area contributed by atoms with Gasteiger partial charge in [0.25, 0.3) is 0 Å². The van der Waals surface area contributed by atoms with Gasteiger partial charge in [0.15, 0.2) is 0 Å². The second kappa shape index (κ2) is 5.81. The van der Waals surface area contributed by atoms with Crippen LogP contribution in [-0.4, -0.2) is 54.3 Å². The summed E-state index contributed by atoms with van der Waals surface area (Å²) >= 11 is 1.66. The first-order chi connectivity index (χ1) is 9.33. The molecule has 3 rings (SSSR count). The molecule has 1 N–H and O–H groups in total. The van der Waals surface area contributed by atoms with Crippen molar-refractivity contribution in [3.05, 3.63) is 17.3 Å². The molecule has 6 heteroatoms. The average Bonchev–Trinajstić information content (AvgIpc) is 2.88. The number of rotatable bonds is 4. The van der Waals surface area contributed by atoms with Crippen LogP contribution in [0.3, 0.4) is 0 Å². The summed E-state index contributed by atoms with van der Waals surface area (Å²) in [6.45, 7) is 7.62. The van der Waals surface area contributed by atoms with Crippen LogP contribution in [0.1, 0.15) is 5.82 Å². The van der Waals surface area contributed by atoms with Crippen LogP contribution in [0.4, 0.5) is 5.82 Å². The Morgan fingerprint density at radius 1 is 1.37 bits per heavy atom. The summed E-state index contributed by atoms with van der Waals surface area (Å²) in [6.07, 6.45) is 0. The van der Waals surface area contributed by atoms with Gasteiger partial charge in [0.1, 0.15) is 16.5 Å². The van der Waals surface area contributed by atoms with Gasteiger partial charge in [0.2, 0.25) is 0 Å². The lowest BCUT2D eigenvalue weighted by Gasteiger charge is -2.26. The Kier molecular flexibility index (Phi) is 3.91. The van der Waals surface area contributed by atoms with Gasteiger partial charge >= 0.3 is 0 Å². The highest BCUT2D eigenvalue weighted by Crippen LogP contribution is 2.24. The van der Waals surface area contributed by atoms with Crippen molar-refractivity contribution in [1.29, 1.82) is 0 Å². The van der Waals surface area contributed by atoms with Crippen LogP contribution >= 0.6 is 11.3 Å². The van der Waals surface area contributed by atoms with Crippen molar-refractivity contribution in [1.82, 2.24) is 14.9 Å². The number of nitrogens with zero attached hydrogens (tertiary/aromatic N) is 3. The molecule has 1 aliphatic rings. The molecule has 1 fully saturated rings. The summed E-state index contributed by atoms with van der Waals surface area (Å²) in [5.41, 5.74) is 0. The molecule has 102 valence electrons. The van der Waals surface area contributed by atoms with E-state index in [0.29, 0.717) is 0 Å². The number of thiophene rings is 1. The molecular weight excluding hydrogens is 260 g/mol. The number of hydrogen-bond acceptors (Lipinski definition) is 6. The third-order valence-corrected chi connectivity index (χ3v) is 4.07. The highest BCUT2D eigenvalue weighted by molar-refractivity contribution is 7.16. The molecule has 0 atom stereocenters. The maximum Gasteiger partial charge on any atom is 0.138 e. The quantitative estimate of drug-likeness (QED) is 0.923. The van der Waals surface area contributed by atoms with Gasteiger partial charge in [-0.15, -0.1) is 11.3 Å². The van der Waals surface area contributed by atoms with E-state index in [0.717, 1.165) is 61.3 Å². The second-order valence-electron chi connectivity index (χ2n) is 4.64. The van der Waals surface area contributed by atoms with Crippen molar-refractivity contribution in [2.45, 2.75) is 6.92 Å². The van der Waals surface area contributed by atoms with Gasteiger partial charge < -0.3 is 10.1 Å². The number of anilines is 1. The van der Waals surface area contributed by atoms with E-state index in [1.54, 1.807) is 11.3 Å². The molecule has 19 heavy (non-hydrogen) atoms. The van der Waals surface area contributed by atoms with E-state index >= 15 is 0 Å². The summed E-state index contributed by atoms with van der Waals surface area (Å²) < 4.78 is 5.35. The third kappa shape index (κ3) is 3.02. The second-order valence-corrected chi connectivity index (χ2v) is 5.53. The van der Waals surface area contributed by atoms with Crippen molar-refractivity contribution in [2.24, 2.45) is 0 Å². The van der Waals surface area contributed by atoms with Gasteiger partial charge in [-0.25, -0.2) is 9.97 Å². The largest absolute Gasteiger partial charge is 0.379 e. The molecule has 3 heterocycles. The van der Waals surface area contributed by atoms with Gasteiger partial charge in [-0.1, -0.05) is 0 Å². The number of hydrogen-bond donors (Lipinski definition) is 1. The SMILES string of the molecule is Cc1nc(NCCN2CCOCC2)c2ccsc2n1. The molecule has 0 amide bonds. The highest BCUT2D eigenvalue weighted by Gasteiger charge is 2.10. The number of aromatic nitrogens is 2. The number of ether oxygens (including phenoxy) is 1. The predicted molar refractivity (Wildman–Crippen MR) is 77.9 cm³/mol. The van der Waals surface area contributed by atoms with E-state index < -0.39 is 0 Å². The molecular formula is C13H18N4OS. The smallest absolute Gasteiger partial charge is 0.138 e. The Labute approximate surface area is 116 Å². The molecule has 2 aromatic rings. The van der Waals surface area contributed by atoms with Gasteiger partial charge in [-0.3, -0.25) is 4.90 Å². The topological polar surface area (TPSA) is 50.3 Å². The molecule has 0 unspecified atom stereocenters. The van der Waals surface area contributed by atoms with Crippen molar-refractivity contribution >= 4 is 27.4 Å². The lowest BCUT2D eigenvalue weighted by atomic mass is 10.3. The summed E-state index contributed by atoms with van der Waals surface area (Å²) in [5, 5.41) is 6.62. The minimum absolute atomic E-state index is 0.823. The molecule has 0 radical (unpaired) electrons. The maximum atomic E-state index is 5.35. The van der Waals surface area contributed by atoms with E-state index in [1.807, 2.05) is 6.92 Å². The minimum Gasteiger partial charge on any atom is -0.379 e. The zero-order chi connectivity index (χ0) is 13.1.